The van der Waals surface area contributed by atoms with Crippen LogP contribution in [0.5, 0.6) is 0 Å². The average molecular weight is 240 g/mol. The van der Waals surface area contributed by atoms with Crippen LogP contribution in [0.4, 0.5) is 0 Å². The van der Waals surface area contributed by atoms with Crippen molar-refractivity contribution in [2.45, 2.75) is 31.3 Å². The summed E-state index contributed by atoms with van der Waals surface area (Å²) >= 11 is 0. The molecule has 1 fully saturated rings. The van der Waals surface area contributed by atoms with E-state index in [1.165, 1.54) is 0 Å². The summed E-state index contributed by atoms with van der Waals surface area (Å²) in [6.07, 6.45) is 7.48. The van der Waals surface area contributed by atoms with E-state index >= 15 is 0 Å². The summed E-state index contributed by atoms with van der Waals surface area (Å²) in [6, 6.07) is 9.89. The summed E-state index contributed by atoms with van der Waals surface area (Å²) in [4.78, 5) is 11.6. The third-order valence-corrected chi connectivity index (χ3v) is 3.24. The topological polar surface area (TPSA) is 26.3 Å². The van der Waals surface area contributed by atoms with Gasteiger partial charge in [-0.05, 0) is 18.4 Å². The first kappa shape index (κ1) is 12.4. The van der Waals surface area contributed by atoms with Crippen molar-refractivity contribution >= 4 is 5.97 Å². The fourth-order valence-corrected chi connectivity index (χ4v) is 2.34. The highest BCUT2D eigenvalue weighted by Crippen LogP contribution is 2.37. The summed E-state index contributed by atoms with van der Waals surface area (Å²) in [5.41, 5.74) is 1.63. The van der Waals surface area contributed by atoms with Gasteiger partial charge in [-0.3, -0.25) is 0 Å². The second-order valence-electron chi connectivity index (χ2n) is 4.45. The molecule has 2 nitrogen and oxygen atoms in total. The van der Waals surface area contributed by atoms with Gasteiger partial charge in [-0.25, -0.2) is 4.79 Å². The van der Waals surface area contributed by atoms with Crippen LogP contribution in [0.25, 0.3) is 0 Å². The largest absolute Gasteiger partial charge is 0.458 e. The van der Waals surface area contributed by atoms with Crippen LogP contribution in [0, 0.1) is 12.3 Å². The third kappa shape index (κ3) is 2.46. The van der Waals surface area contributed by atoms with Crippen LogP contribution in [0.3, 0.4) is 0 Å². The molecule has 1 heterocycles. The predicted octanol–water partition coefficient (Wildman–Crippen LogP) is 3.06. The van der Waals surface area contributed by atoms with Gasteiger partial charge in [0.05, 0.1) is 5.92 Å². The number of carbonyl (C=O) groups is 1. The molecule has 0 amide bonds. The Bertz CT molecular complexity index is 482. The van der Waals surface area contributed by atoms with Crippen LogP contribution in [0.1, 0.15) is 30.7 Å². The molecule has 0 bridgehead atoms. The Morgan fingerprint density at radius 1 is 1.33 bits per heavy atom. The lowest BCUT2D eigenvalue weighted by molar-refractivity contribution is -0.139. The molecule has 92 valence electrons. The highest BCUT2D eigenvalue weighted by Gasteiger charge is 2.38. The van der Waals surface area contributed by atoms with Crippen molar-refractivity contribution in [3.63, 3.8) is 0 Å². The lowest BCUT2D eigenvalue weighted by atomic mass is 9.87. The number of terminal acetylenes is 1. The van der Waals surface area contributed by atoms with Gasteiger partial charge < -0.3 is 4.74 Å². The number of rotatable bonds is 4. The maximum Gasteiger partial charge on any atom is 0.334 e. The molecule has 0 radical (unpaired) electrons. The van der Waals surface area contributed by atoms with E-state index in [4.69, 9.17) is 11.2 Å². The minimum atomic E-state index is -0.283. The normalized spacial score (nSPS) is 22.6. The van der Waals surface area contributed by atoms with E-state index in [1.54, 1.807) is 0 Å². The zero-order chi connectivity index (χ0) is 13.0. The second kappa shape index (κ2) is 5.55. The van der Waals surface area contributed by atoms with Gasteiger partial charge in [0.2, 0.25) is 0 Å². The fourth-order valence-electron chi connectivity index (χ4n) is 2.34. The molecule has 2 heteroatoms. The zero-order valence-electron chi connectivity index (χ0n) is 10.3. The Morgan fingerprint density at radius 2 is 2.06 bits per heavy atom. The van der Waals surface area contributed by atoms with Crippen molar-refractivity contribution in [1.29, 1.82) is 0 Å². The van der Waals surface area contributed by atoms with Crippen molar-refractivity contribution in [2.24, 2.45) is 0 Å². The Morgan fingerprint density at radius 3 is 2.72 bits per heavy atom. The molecular formula is C16H16O2. The molecule has 0 unspecified atom stereocenters. The van der Waals surface area contributed by atoms with E-state index < -0.39 is 0 Å². The first-order valence-electron chi connectivity index (χ1n) is 6.12. The van der Waals surface area contributed by atoms with Crippen LogP contribution >= 0.6 is 0 Å². The summed E-state index contributed by atoms with van der Waals surface area (Å²) in [5, 5.41) is 0. The Balaban J connectivity index is 2.16. The highest BCUT2D eigenvalue weighted by molar-refractivity contribution is 5.92. The van der Waals surface area contributed by atoms with Gasteiger partial charge in [0.1, 0.15) is 6.10 Å². The molecule has 18 heavy (non-hydrogen) atoms. The van der Waals surface area contributed by atoms with Crippen molar-refractivity contribution in [3.8, 4) is 12.3 Å². The average Bonchev–Trinajstić information content (AvgIpc) is 2.67. The number of esters is 1. The molecule has 1 aromatic rings. The number of cyclic esters (lactones) is 1. The molecule has 0 aromatic heterocycles. The van der Waals surface area contributed by atoms with Crippen LogP contribution in [-0.2, 0) is 9.53 Å². The fraction of sp³-hybridized carbons (Fsp3) is 0.312. The third-order valence-electron chi connectivity index (χ3n) is 3.24. The molecule has 1 saturated heterocycles. The molecule has 1 aliphatic rings. The molecule has 2 rings (SSSR count). The minimum absolute atomic E-state index is 0.0310. The smallest absolute Gasteiger partial charge is 0.334 e. The van der Waals surface area contributed by atoms with E-state index in [1.807, 2.05) is 30.3 Å². The van der Waals surface area contributed by atoms with Gasteiger partial charge >= 0.3 is 5.97 Å². The Labute approximate surface area is 108 Å². The number of benzene rings is 1. The molecule has 2 atom stereocenters. The van der Waals surface area contributed by atoms with Gasteiger partial charge in [0.25, 0.3) is 0 Å². The van der Waals surface area contributed by atoms with Crippen LogP contribution in [-0.4, -0.2) is 12.1 Å². The lowest BCUT2D eigenvalue weighted by Gasteiger charge is -2.17. The van der Waals surface area contributed by atoms with Crippen LogP contribution in [0.2, 0.25) is 0 Å². The number of carbonyl (C=O) groups excluding carboxylic acids is 1. The first-order valence-corrected chi connectivity index (χ1v) is 6.12. The minimum Gasteiger partial charge on any atom is -0.458 e. The summed E-state index contributed by atoms with van der Waals surface area (Å²) in [5.74, 6) is 2.29. The molecular weight excluding hydrogens is 224 g/mol. The summed E-state index contributed by atoms with van der Waals surface area (Å²) in [6.45, 7) is 3.86. The van der Waals surface area contributed by atoms with Crippen molar-refractivity contribution in [1.82, 2.24) is 0 Å². The van der Waals surface area contributed by atoms with Crippen molar-refractivity contribution < 1.29 is 9.53 Å². The van der Waals surface area contributed by atoms with Crippen molar-refractivity contribution in [3.05, 3.63) is 48.0 Å². The Kier molecular flexibility index (Phi) is 3.84. The molecule has 1 aliphatic heterocycles. The lowest BCUT2D eigenvalue weighted by Crippen LogP contribution is -2.14. The second-order valence-corrected chi connectivity index (χ2v) is 4.45. The standard InChI is InChI=1S/C16H16O2/c1-3-4-6-11-14-15(12(2)16(17)18-14)13-9-7-5-8-10-13/h1,5,7-10,14-15H,2,4,6,11H2/t14-,15-/m0/s1. The van der Waals surface area contributed by atoms with E-state index in [0.29, 0.717) is 12.0 Å². The maximum atomic E-state index is 11.6. The molecule has 0 N–H and O–H groups in total. The van der Waals surface area contributed by atoms with Crippen LogP contribution in [0.15, 0.2) is 42.5 Å². The summed E-state index contributed by atoms with van der Waals surface area (Å²) in [7, 11) is 0. The van der Waals surface area contributed by atoms with Crippen LogP contribution < -0.4 is 0 Å². The molecule has 1 aromatic carbocycles. The number of ether oxygens (including phenoxy) is 1. The zero-order valence-corrected chi connectivity index (χ0v) is 10.3. The quantitative estimate of drug-likeness (QED) is 0.350. The molecule has 0 spiro atoms. The SMILES string of the molecule is C#CCCC[C@@H]1OC(=O)C(=C)[C@H]1c1ccccc1. The summed E-state index contributed by atoms with van der Waals surface area (Å²) < 4.78 is 5.38. The van der Waals surface area contributed by atoms with E-state index in [9.17, 15) is 4.79 Å². The maximum absolute atomic E-state index is 11.6. The van der Waals surface area contributed by atoms with Gasteiger partial charge in [0.15, 0.2) is 0 Å². The number of hydrogen-bond donors (Lipinski definition) is 0. The number of hydrogen-bond acceptors (Lipinski definition) is 2. The first-order chi connectivity index (χ1) is 8.74. The van der Waals surface area contributed by atoms with Gasteiger partial charge in [-0.1, -0.05) is 36.9 Å². The van der Waals surface area contributed by atoms with E-state index in [-0.39, 0.29) is 18.0 Å². The molecule has 0 aliphatic carbocycles. The van der Waals surface area contributed by atoms with E-state index in [0.717, 1.165) is 18.4 Å². The molecule has 0 saturated carbocycles. The number of unbranched alkanes of at least 4 members (excludes halogenated alkanes) is 1. The van der Waals surface area contributed by atoms with Gasteiger partial charge in [-0.15, -0.1) is 12.3 Å². The highest BCUT2D eigenvalue weighted by atomic mass is 16.6. The van der Waals surface area contributed by atoms with E-state index in [2.05, 4.69) is 12.5 Å². The predicted molar refractivity (Wildman–Crippen MR) is 70.9 cm³/mol. The van der Waals surface area contributed by atoms with Gasteiger partial charge in [-0.2, -0.15) is 0 Å². The van der Waals surface area contributed by atoms with Gasteiger partial charge in [0, 0.05) is 12.0 Å². The monoisotopic (exact) mass is 240 g/mol. The van der Waals surface area contributed by atoms with Crippen molar-refractivity contribution in [2.75, 3.05) is 0 Å². The Hall–Kier alpha value is -2.01.